The first kappa shape index (κ1) is 14.1. The van der Waals surface area contributed by atoms with Crippen molar-refractivity contribution in [3.63, 3.8) is 0 Å². The Kier molecular flexibility index (Phi) is 7.89. The Hall–Kier alpha value is -0.910. The van der Waals surface area contributed by atoms with Gasteiger partial charge in [0.25, 0.3) is 0 Å². The maximum Gasteiger partial charge on any atom is 0.333 e. The van der Waals surface area contributed by atoms with E-state index in [4.69, 9.17) is 14.2 Å². The van der Waals surface area contributed by atoms with Crippen molar-refractivity contribution in [2.75, 3.05) is 33.5 Å². The average Bonchev–Trinajstić information content (AvgIpc) is 2.20. The van der Waals surface area contributed by atoms with Gasteiger partial charge in [-0.05, 0) is 6.92 Å². The number of esters is 1. The van der Waals surface area contributed by atoms with Crippen LogP contribution in [0, 0.1) is 0 Å². The smallest absolute Gasteiger partial charge is 0.333 e. The molecule has 0 aromatic rings. The summed E-state index contributed by atoms with van der Waals surface area (Å²) < 4.78 is 14.5. The number of hydrogen-bond acceptors (Lipinski definition) is 5. The van der Waals surface area contributed by atoms with Crippen LogP contribution in [0.5, 0.6) is 0 Å². The normalized spacial score (nSPS) is 12.2. The minimum atomic E-state index is -0.815. The molecule has 0 heterocycles. The second kappa shape index (κ2) is 8.40. The Labute approximate surface area is 89.6 Å². The van der Waals surface area contributed by atoms with Crippen LogP contribution in [-0.4, -0.2) is 50.7 Å². The van der Waals surface area contributed by atoms with Crippen molar-refractivity contribution >= 4 is 5.97 Å². The van der Waals surface area contributed by atoms with Crippen LogP contribution in [0.2, 0.25) is 0 Å². The second-order valence-electron chi connectivity index (χ2n) is 3.10. The van der Waals surface area contributed by atoms with Crippen LogP contribution >= 0.6 is 0 Å². The zero-order valence-corrected chi connectivity index (χ0v) is 9.19. The molecule has 0 spiro atoms. The molecule has 5 nitrogen and oxygen atoms in total. The highest BCUT2D eigenvalue weighted by atomic mass is 16.6. The molecular weight excluding hydrogens is 200 g/mol. The molecule has 0 rings (SSSR count). The first-order valence-corrected chi connectivity index (χ1v) is 4.65. The third-order valence-electron chi connectivity index (χ3n) is 1.50. The largest absolute Gasteiger partial charge is 0.460 e. The van der Waals surface area contributed by atoms with Crippen molar-refractivity contribution in [3.05, 3.63) is 12.2 Å². The summed E-state index contributed by atoms with van der Waals surface area (Å²) in [6, 6.07) is 0. The second-order valence-corrected chi connectivity index (χ2v) is 3.10. The first-order valence-electron chi connectivity index (χ1n) is 4.65. The van der Waals surface area contributed by atoms with Gasteiger partial charge in [0.05, 0.1) is 19.8 Å². The van der Waals surface area contributed by atoms with Gasteiger partial charge in [0, 0.05) is 12.7 Å². The van der Waals surface area contributed by atoms with Gasteiger partial charge in [-0.3, -0.25) is 0 Å². The van der Waals surface area contributed by atoms with E-state index in [0.29, 0.717) is 18.8 Å². The Morgan fingerprint density at radius 2 is 2.07 bits per heavy atom. The Bertz CT molecular complexity index is 202. The molecule has 1 atom stereocenters. The summed E-state index contributed by atoms with van der Waals surface area (Å²) in [7, 11) is 1.56. The molecule has 0 saturated heterocycles. The van der Waals surface area contributed by atoms with Gasteiger partial charge < -0.3 is 19.3 Å². The maximum atomic E-state index is 10.9. The highest BCUT2D eigenvalue weighted by Crippen LogP contribution is 1.94. The number of ether oxygens (including phenoxy) is 3. The molecule has 0 aliphatic rings. The van der Waals surface area contributed by atoms with Crippen molar-refractivity contribution in [1.82, 2.24) is 0 Å². The number of rotatable bonds is 8. The summed E-state index contributed by atoms with van der Waals surface area (Å²) >= 11 is 0. The van der Waals surface area contributed by atoms with E-state index < -0.39 is 12.1 Å². The number of methoxy groups -OCH3 is 1. The maximum absolute atomic E-state index is 10.9. The lowest BCUT2D eigenvalue weighted by Gasteiger charge is -2.11. The van der Waals surface area contributed by atoms with Crippen LogP contribution in [0.25, 0.3) is 0 Å². The van der Waals surface area contributed by atoms with E-state index >= 15 is 0 Å². The number of aliphatic hydroxyl groups excluding tert-OH is 1. The summed E-state index contributed by atoms with van der Waals surface area (Å²) in [6.07, 6.45) is -0.815. The van der Waals surface area contributed by atoms with Gasteiger partial charge in [-0.1, -0.05) is 6.58 Å². The first-order chi connectivity index (χ1) is 7.07. The van der Waals surface area contributed by atoms with Crippen molar-refractivity contribution in [1.29, 1.82) is 0 Å². The molecule has 0 bridgehead atoms. The van der Waals surface area contributed by atoms with E-state index in [1.807, 2.05) is 0 Å². The molecule has 1 unspecified atom stereocenters. The fraction of sp³-hybridized carbons (Fsp3) is 0.700. The van der Waals surface area contributed by atoms with E-state index in [0.717, 1.165) is 0 Å². The molecule has 0 amide bonds. The Balaban J connectivity index is 3.44. The average molecular weight is 218 g/mol. The summed E-state index contributed by atoms with van der Waals surface area (Å²) in [5.74, 6) is -0.508. The van der Waals surface area contributed by atoms with Gasteiger partial charge in [0.15, 0.2) is 0 Å². The zero-order valence-electron chi connectivity index (χ0n) is 9.19. The van der Waals surface area contributed by atoms with Crippen molar-refractivity contribution in [3.8, 4) is 0 Å². The Morgan fingerprint density at radius 3 is 2.60 bits per heavy atom. The van der Waals surface area contributed by atoms with Crippen molar-refractivity contribution in [2.24, 2.45) is 0 Å². The summed E-state index contributed by atoms with van der Waals surface area (Å²) in [4.78, 5) is 10.9. The fourth-order valence-electron chi connectivity index (χ4n) is 0.705. The molecule has 0 saturated carbocycles. The number of carbonyl (C=O) groups excluding carboxylic acids is 1. The molecule has 0 aliphatic carbocycles. The third kappa shape index (κ3) is 8.11. The highest BCUT2D eigenvalue weighted by Gasteiger charge is 2.09. The van der Waals surface area contributed by atoms with Gasteiger partial charge >= 0.3 is 5.97 Å². The molecule has 0 fully saturated rings. The monoisotopic (exact) mass is 218 g/mol. The van der Waals surface area contributed by atoms with Crippen LogP contribution in [-0.2, 0) is 19.0 Å². The topological polar surface area (TPSA) is 65.0 Å². The molecular formula is C10H18O5. The fourth-order valence-corrected chi connectivity index (χ4v) is 0.705. The number of hydrogen-bond donors (Lipinski definition) is 1. The number of carbonyl (C=O) groups is 1. The summed E-state index contributed by atoms with van der Waals surface area (Å²) in [6.45, 7) is 5.87. The van der Waals surface area contributed by atoms with Gasteiger partial charge in [-0.15, -0.1) is 0 Å². The number of aliphatic hydroxyl groups is 1. The lowest BCUT2D eigenvalue weighted by atomic mass is 10.3. The van der Waals surface area contributed by atoms with Crippen LogP contribution in [0.4, 0.5) is 0 Å². The molecule has 88 valence electrons. The molecule has 1 N–H and O–H groups in total. The van der Waals surface area contributed by atoms with Crippen LogP contribution < -0.4 is 0 Å². The zero-order chi connectivity index (χ0) is 11.7. The van der Waals surface area contributed by atoms with Crippen LogP contribution in [0.15, 0.2) is 12.2 Å². The molecule has 0 radical (unpaired) electrons. The highest BCUT2D eigenvalue weighted by molar-refractivity contribution is 5.86. The summed E-state index contributed by atoms with van der Waals surface area (Å²) in [5, 5.41) is 9.31. The molecule has 15 heavy (non-hydrogen) atoms. The molecule has 0 aromatic carbocycles. The predicted octanol–water partition coefficient (Wildman–Crippen LogP) is 0.130. The van der Waals surface area contributed by atoms with E-state index in [-0.39, 0.29) is 13.2 Å². The Morgan fingerprint density at radius 1 is 1.40 bits per heavy atom. The molecule has 0 aromatic heterocycles. The molecule has 5 heteroatoms. The van der Waals surface area contributed by atoms with Crippen LogP contribution in [0.3, 0.4) is 0 Å². The van der Waals surface area contributed by atoms with E-state index in [1.54, 1.807) is 14.0 Å². The van der Waals surface area contributed by atoms with Gasteiger partial charge in [-0.25, -0.2) is 4.79 Å². The van der Waals surface area contributed by atoms with Crippen molar-refractivity contribution < 1.29 is 24.1 Å². The minimum Gasteiger partial charge on any atom is -0.460 e. The van der Waals surface area contributed by atoms with Gasteiger partial charge in [0.1, 0.15) is 12.7 Å². The minimum absolute atomic E-state index is 0.0846. The summed E-state index contributed by atoms with van der Waals surface area (Å²) in [5.41, 5.74) is 0.308. The van der Waals surface area contributed by atoms with Gasteiger partial charge in [0.2, 0.25) is 0 Å². The predicted molar refractivity (Wildman–Crippen MR) is 54.5 cm³/mol. The van der Waals surface area contributed by atoms with Crippen molar-refractivity contribution in [2.45, 2.75) is 13.0 Å². The van der Waals surface area contributed by atoms with E-state index in [9.17, 15) is 9.90 Å². The molecule has 0 aliphatic heterocycles. The van der Waals surface area contributed by atoms with E-state index in [2.05, 4.69) is 6.58 Å². The lowest BCUT2D eigenvalue weighted by Crippen LogP contribution is -2.24. The van der Waals surface area contributed by atoms with Crippen LogP contribution in [0.1, 0.15) is 6.92 Å². The lowest BCUT2D eigenvalue weighted by molar-refractivity contribution is -0.143. The SMILES string of the molecule is C=C(C)C(=O)OCC(O)COCCOC. The third-order valence-corrected chi connectivity index (χ3v) is 1.50. The quantitative estimate of drug-likeness (QED) is 0.356. The standard InChI is InChI=1S/C10H18O5/c1-8(2)10(12)15-7-9(11)6-14-5-4-13-3/h9,11H,1,4-7H2,2-3H3. The van der Waals surface area contributed by atoms with Gasteiger partial charge in [-0.2, -0.15) is 0 Å². The van der Waals surface area contributed by atoms with E-state index in [1.165, 1.54) is 0 Å².